The van der Waals surface area contributed by atoms with Crippen LogP contribution >= 0.6 is 34.9 Å². The van der Waals surface area contributed by atoms with E-state index in [0.29, 0.717) is 5.82 Å². The Bertz CT molecular complexity index is 470. The van der Waals surface area contributed by atoms with Crippen LogP contribution in [0.5, 0.6) is 0 Å². The van der Waals surface area contributed by atoms with Crippen LogP contribution in [0.25, 0.3) is 0 Å². The minimum Gasteiger partial charge on any atom is -0.308 e. The summed E-state index contributed by atoms with van der Waals surface area (Å²) in [5.41, 5.74) is 3.63. The van der Waals surface area contributed by atoms with Gasteiger partial charge in [-0.3, -0.25) is 0 Å². The third kappa shape index (κ3) is 3.56. The van der Waals surface area contributed by atoms with Crippen molar-refractivity contribution in [2.45, 2.75) is 14.4 Å². The number of nitrogens with two attached hydrogens (primary N) is 1. The van der Waals surface area contributed by atoms with Crippen LogP contribution < -0.4 is 11.3 Å². The monoisotopic (exact) mass is 285 g/mol. The lowest BCUT2D eigenvalue weighted by atomic mass is 10.3. The van der Waals surface area contributed by atoms with Crippen molar-refractivity contribution in [2.75, 3.05) is 11.7 Å². The highest BCUT2D eigenvalue weighted by Crippen LogP contribution is 2.29. The third-order valence-electron chi connectivity index (χ3n) is 1.90. The van der Waals surface area contributed by atoms with Gasteiger partial charge in [0.1, 0.15) is 5.82 Å². The molecule has 0 saturated carbocycles. The number of nitrogen functional groups attached to an aromatic ring is 1. The maximum absolute atomic E-state index is 5.25. The molecule has 3 N–H and O–H groups in total. The van der Waals surface area contributed by atoms with Crippen molar-refractivity contribution in [1.82, 2.24) is 15.2 Å². The Morgan fingerprint density at radius 3 is 2.76 bits per heavy atom. The molecule has 90 valence electrons. The van der Waals surface area contributed by atoms with Crippen molar-refractivity contribution in [3.63, 3.8) is 0 Å². The minimum atomic E-state index is 0.666. The molecule has 0 bridgehead atoms. The molecule has 0 spiro atoms. The standard InChI is InChI=1S/C9H11N5S3/c1-15-8-13-14-9(17-8)16-5-6-2-3-7(12-10)11-4-6/h2-4H,5,10H2,1H3,(H,11,12). The molecule has 0 amide bonds. The predicted octanol–water partition coefficient (Wildman–Crippen LogP) is 2.23. The zero-order chi connectivity index (χ0) is 12.1. The second-order valence-corrected chi connectivity index (χ2v) is 6.28. The van der Waals surface area contributed by atoms with E-state index in [2.05, 4.69) is 20.6 Å². The molecule has 0 radical (unpaired) electrons. The van der Waals surface area contributed by atoms with Gasteiger partial charge in [0.2, 0.25) is 0 Å². The van der Waals surface area contributed by atoms with E-state index in [-0.39, 0.29) is 0 Å². The van der Waals surface area contributed by atoms with E-state index in [0.717, 1.165) is 20.0 Å². The van der Waals surface area contributed by atoms with Crippen molar-refractivity contribution in [2.24, 2.45) is 5.84 Å². The molecular formula is C9H11N5S3. The molecule has 2 heterocycles. The van der Waals surface area contributed by atoms with Crippen LogP contribution in [0.3, 0.4) is 0 Å². The predicted molar refractivity (Wildman–Crippen MR) is 73.3 cm³/mol. The van der Waals surface area contributed by atoms with Crippen LogP contribution in [-0.2, 0) is 5.75 Å². The lowest BCUT2D eigenvalue weighted by molar-refractivity contribution is 0.955. The molecule has 8 heteroatoms. The summed E-state index contributed by atoms with van der Waals surface area (Å²) in [4.78, 5) is 4.14. The fraction of sp³-hybridized carbons (Fsp3) is 0.222. The van der Waals surface area contributed by atoms with Gasteiger partial charge in [-0.2, -0.15) is 0 Å². The molecule has 5 nitrogen and oxygen atoms in total. The van der Waals surface area contributed by atoms with Crippen LogP contribution in [0.15, 0.2) is 27.0 Å². The summed E-state index contributed by atoms with van der Waals surface area (Å²) in [5.74, 6) is 6.75. The maximum atomic E-state index is 5.25. The van der Waals surface area contributed by atoms with Crippen LogP contribution in [0.4, 0.5) is 5.82 Å². The molecule has 0 aliphatic heterocycles. The van der Waals surface area contributed by atoms with E-state index in [1.807, 2.05) is 18.4 Å². The average molecular weight is 285 g/mol. The fourth-order valence-electron chi connectivity index (χ4n) is 1.08. The van der Waals surface area contributed by atoms with Crippen molar-refractivity contribution < 1.29 is 0 Å². The highest BCUT2D eigenvalue weighted by atomic mass is 32.2. The molecule has 2 aromatic rings. The van der Waals surface area contributed by atoms with Gasteiger partial charge in [0, 0.05) is 11.9 Å². The van der Waals surface area contributed by atoms with Gasteiger partial charge >= 0.3 is 0 Å². The number of thioether (sulfide) groups is 2. The van der Waals surface area contributed by atoms with Crippen molar-refractivity contribution >= 4 is 40.7 Å². The molecule has 0 aliphatic rings. The summed E-state index contributed by atoms with van der Waals surface area (Å²) in [6.07, 6.45) is 3.80. The van der Waals surface area contributed by atoms with Crippen molar-refractivity contribution in [1.29, 1.82) is 0 Å². The number of anilines is 1. The number of aromatic nitrogens is 3. The van der Waals surface area contributed by atoms with Crippen molar-refractivity contribution in [3.05, 3.63) is 23.9 Å². The molecule has 0 atom stereocenters. The normalized spacial score (nSPS) is 10.5. The van der Waals surface area contributed by atoms with E-state index < -0.39 is 0 Å². The molecular weight excluding hydrogens is 274 g/mol. The topological polar surface area (TPSA) is 76.7 Å². The zero-order valence-electron chi connectivity index (χ0n) is 9.08. The summed E-state index contributed by atoms with van der Waals surface area (Å²) >= 11 is 4.89. The highest BCUT2D eigenvalue weighted by molar-refractivity contribution is 8.02. The van der Waals surface area contributed by atoms with Gasteiger partial charge in [-0.25, -0.2) is 10.8 Å². The first-order chi connectivity index (χ1) is 8.31. The van der Waals surface area contributed by atoms with Crippen molar-refractivity contribution in [3.8, 4) is 0 Å². The first-order valence-corrected chi connectivity index (χ1v) is 7.76. The lowest BCUT2D eigenvalue weighted by Crippen LogP contribution is -2.08. The number of rotatable bonds is 5. The van der Waals surface area contributed by atoms with Gasteiger partial charge in [-0.1, -0.05) is 40.9 Å². The summed E-state index contributed by atoms with van der Waals surface area (Å²) in [6.45, 7) is 0. The van der Waals surface area contributed by atoms with Crippen LogP contribution in [0.2, 0.25) is 0 Å². The molecule has 0 fully saturated rings. The molecule has 0 saturated heterocycles. The van der Waals surface area contributed by atoms with E-state index in [4.69, 9.17) is 5.84 Å². The zero-order valence-corrected chi connectivity index (χ0v) is 11.5. The molecule has 0 aliphatic carbocycles. The largest absolute Gasteiger partial charge is 0.308 e. The molecule has 2 rings (SSSR count). The number of pyridine rings is 1. The minimum absolute atomic E-state index is 0.666. The van der Waals surface area contributed by atoms with Gasteiger partial charge in [-0.15, -0.1) is 10.2 Å². The van der Waals surface area contributed by atoms with E-state index >= 15 is 0 Å². The summed E-state index contributed by atoms with van der Waals surface area (Å²) < 4.78 is 1.98. The van der Waals surface area contributed by atoms with Crippen LogP contribution in [0.1, 0.15) is 5.56 Å². The summed E-state index contributed by atoms with van der Waals surface area (Å²) in [6, 6.07) is 3.84. The van der Waals surface area contributed by atoms with Crippen LogP contribution in [0, 0.1) is 0 Å². The Morgan fingerprint density at radius 1 is 1.35 bits per heavy atom. The van der Waals surface area contributed by atoms with Gasteiger partial charge in [0.15, 0.2) is 8.68 Å². The number of hydrogen-bond donors (Lipinski definition) is 2. The number of hydrazine groups is 1. The fourth-order valence-corrected chi connectivity index (χ4v) is 3.45. The van der Waals surface area contributed by atoms with Crippen LogP contribution in [-0.4, -0.2) is 21.4 Å². The van der Waals surface area contributed by atoms with E-state index in [9.17, 15) is 0 Å². The van der Waals surface area contributed by atoms with Gasteiger partial charge in [-0.05, 0) is 17.9 Å². The molecule has 17 heavy (non-hydrogen) atoms. The molecule has 0 aromatic carbocycles. The number of hydrogen-bond acceptors (Lipinski definition) is 8. The van der Waals surface area contributed by atoms with E-state index in [1.165, 1.54) is 0 Å². The Morgan fingerprint density at radius 2 is 2.18 bits per heavy atom. The summed E-state index contributed by atoms with van der Waals surface area (Å²) in [5, 5.41) is 8.14. The van der Waals surface area contributed by atoms with Gasteiger partial charge < -0.3 is 5.43 Å². The first-order valence-electron chi connectivity index (χ1n) is 4.73. The maximum Gasteiger partial charge on any atom is 0.175 e. The molecule has 2 aromatic heterocycles. The average Bonchev–Trinajstić information content (AvgIpc) is 2.85. The van der Waals surface area contributed by atoms with E-state index in [1.54, 1.807) is 41.1 Å². The Balaban J connectivity index is 1.92. The Labute approximate surface area is 112 Å². The van der Waals surface area contributed by atoms with Gasteiger partial charge in [0.25, 0.3) is 0 Å². The lowest BCUT2D eigenvalue weighted by Gasteiger charge is -2.00. The smallest absolute Gasteiger partial charge is 0.175 e. The number of nitrogens with one attached hydrogen (secondary N) is 1. The summed E-state index contributed by atoms with van der Waals surface area (Å²) in [7, 11) is 0. The second-order valence-electron chi connectivity index (χ2n) is 3.02. The second kappa shape index (κ2) is 6.20. The molecule has 0 unspecified atom stereocenters. The first kappa shape index (κ1) is 12.6. The third-order valence-corrected chi connectivity index (χ3v) is 5.00. The highest BCUT2D eigenvalue weighted by Gasteiger charge is 2.04. The SMILES string of the molecule is CSc1nnc(SCc2ccc(NN)nc2)s1. The Hall–Kier alpha value is -0.830. The quantitative estimate of drug-likeness (QED) is 0.495. The van der Waals surface area contributed by atoms with Gasteiger partial charge in [0.05, 0.1) is 0 Å². The Kier molecular flexibility index (Phi) is 4.60. The number of nitrogens with zero attached hydrogens (tertiary/aromatic N) is 3.